The van der Waals surface area contributed by atoms with E-state index < -0.39 is 5.82 Å². The second-order valence-electron chi connectivity index (χ2n) is 4.07. The van der Waals surface area contributed by atoms with Gasteiger partial charge < -0.3 is 10.6 Å². The van der Waals surface area contributed by atoms with Crippen LogP contribution in [-0.4, -0.2) is 16.5 Å². The predicted molar refractivity (Wildman–Crippen MR) is 83.2 cm³/mol. The van der Waals surface area contributed by atoms with Gasteiger partial charge in [-0.2, -0.15) is 4.98 Å². The fourth-order valence-corrected chi connectivity index (χ4v) is 2.02. The lowest BCUT2D eigenvalue weighted by Gasteiger charge is -2.10. The second-order valence-corrected chi connectivity index (χ2v) is 5.39. The molecule has 0 aliphatic heterocycles. The highest BCUT2D eigenvalue weighted by atomic mass is 79.9. The summed E-state index contributed by atoms with van der Waals surface area (Å²) in [5.41, 5.74) is 0.570. The van der Waals surface area contributed by atoms with Crippen LogP contribution in [0.4, 0.5) is 21.8 Å². The van der Waals surface area contributed by atoms with Crippen LogP contribution in [0.3, 0.4) is 0 Å². The van der Waals surface area contributed by atoms with Crippen molar-refractivity contribution in [3.05, 3.63) is 39.7 Å². The van der Waals surface area contributed by atoms with Gasteiger partial charge in [-0.1, -0.05) is 34.5 Å². The highest BCUT2D eigenvalue weighted by Gasteiger charge is 2.09. The maximum absolute atomic E-state index is 13.7. The van der Waals surface area contributed by atoms with Crippen molar-refractivity contribution in [1.29, 1.82) is 0 Å². The largest absolute Gasteiger partial charge is 0.354 e. The molecule has 2 rings (SSSR count). The maximum Gasteiger partial charge on any atom is 0.224 e. The standard InChI is InChI=1S/C13H13BrClFN4/c1-2-5-17-13-18-7-10(16)12(20-13)19-11-6-8(14)3-4-9(11)15/h3-4,6-7H,2,5H2,1H3,(H2,17,18,19,20). The molecule has 0 amide bonds. The molecule has 0 bridgehead atoms. The number of hydrogen-bond acceptors (Lipinski definition) is 4. The van der Waals surface area contributed by atoms with Crippen molar-refractivity contribution < 1.29 is 4.39 Å². The van der Waals surface area contributed by atoms with Crippen molar-refractivity contribution in [1.82, 2.24) is 9.97 Å². The molecule has 0 fully saturated rings. The van der Waals surface area contributed by atoms with E-state index in [1.54, 1.807) is 18.2 Å². The number of hydrogen-bond donors (Lipinski definition) is 2. The van der Waals surface area contributed by atoms with Crippen molar-refractivity contribution in [3.8, 4) is 0 Å². The number of nitrogens with zero attached hydrogens (tertiary/aromatic N) is 2. The van der Waals surface area contributed by atoms with Crippen molar-refractivity contribution in [2.75, 3.05) is 17.2 Å². The number of rotatable bonds is 5. The fraction of sp³-hybridized carbons (Fsp3) is 0.231. The minimum atomic E-state index is -0.539. The molecule has 0 aliphatic carbocycles. The predicted octanol–water partition coefficient (Wildman–Crippen LogP) is 4.60. The zero-order valence-corrected chi connectivity index (χ0v) is 13.1. The van der Waals surface area contributed by atoms with Crippen LogP contribution in [0.15, 0.2) is 28.9 Å². The van der Waals surface area contributed by atoms with Gasteiger partial charge in [-0.3, -0.25) is 0 Å². The summed E-state index contributed by atoms with van der Waals surface area (Å²) in [7, 11) is 0. The van der Waals surface area contributed by atoms with Gasteiger partial charge in [0.25, 0.3) is 0 Å². The normalized spacial score (nSPS) is 10.4. The van der Waals surface area contributed by atoms with Crippen LogP contribution in [0, 0.1) is 5.82 Å². The van der Waals surface area contributed by atoms with E-state index in [9.17, 15) is 4.39 Å². The molecule has 0 spiro atoms. The highest BCUT2D eigenvalue weighted by molar-refractivity contribution is 9.10. The van der Waals surface area contributed by atoms with Crippen LogP contribution < -0.4 is 10.6 Å². The van der Waals surface area contributed by atoms with Gasteiger partial charge in [-0.15, -0.1) is 0 Å². The van der Waals surface area contributed by atoms with E-state index in [4.69, 9.17) is 11.6 Å². The molecular weight excluding hydrogens is 347 g/mol. The van der Waals surface area contributed by atoms with Crippen LogP contribution in [-0.2, 0) is 0 Å². The Morgan fingerprint density at radius 3 is 2.95 bits per heavy atom. The molecule has 0 aliphatic rings. The lowest BCUT2D eigenvalue weighted by molar-refractivity contribution is 0.619. The number of halogens is 3. The van der Waals surface area contributed by atoms with Gasteiger partial charge in [-0.05, 0) is 24.6 Å². The van der Waals surface area contributed by atoms with Gasteiger partial charge in [-0.25, -0.2) is 9.37 Å². The number of anilines is 3. The Hall–Kier alpha value is -1.40. The van der Waals surface area contributed by atoms with E-state index in [1.807, 2.05) is 6.92 Å². The first kappa shape index (κ1) is 15.0. The lowest BCUT2D eigenvalue weighted by Crippen LogP contribution is -2.07. The van der Waals surface area contributed by atoms with E-state index in [1.165, 1.54) is 0 Å². The van der Waals surface area contributed by atoms with Crippen molar-refractivity contribution in [2.24, 2.45) is 0 Å². The quantitative estimate of drug-likeness (QED) is 0.819. The Bertz CT molecular complexity index is 609. The Morgan fingerprint density at radius 2 is 2.20 bits per heavy atom. The molecule has 0 saturated heterocycles. The van der Waals surface area contributed by atoms with E-state index in [2.05, 4.69) is 36.5 Å². The van der Waals surface area contributed by atoms with Crippen LogP contribution in [0.5, 0.6) is 0 Å². The van der Waals surface area contributed by atoms with E-state index in [-0.39, 0.29) is 5.82 Å². The van der Waals surface area contributed by atoms with Crippen molar-refractivity contribution in [3.63, 3.8) is 0 Å². The van der Waals surface area contributed by atoms with Crippen LogP contribution >= 0.6 is 27.5 Å². The van der Waals surface area contributed by atoms with Gasteiger partial charge >= 0.3 is 0 Å². The summed E-state index contributed by atoms with van der Waals surface area (Å²) in [4.78, 5) is 7.97. The molecule has 1 aromatic carbocycles. The van der Waals surface area contributed by atoms with Crippen LogP contribution in [0.1, 0.15) is 13.3 Å². The molecule has 0 unspecified atom stereocenters. The summed E-state index contributed by atoms with van der Waals surface area (Å²) in [6.45, 7) is 2.75. The molecule has 4 nitrogen and oxygen atoms in total. The van der Waals surface area contributed by atoms with Gasteiger partial charge in [0, 0.05) is 11.0 Å². The summed E-state index contributed by atoms with van der Waals surface area (Å²) < 4.78 is 14.6. The number of benzene rings is 1. The molecular formula is C13H13BrClFN4. The van der Waals surface area contributed by atoms with Gasteiger partial charge in [0.1, 0.15) is 0 Å². The molecule has 1 heterocycles. The molecule has 0 radical (unpaired) electrons. The van der Waals surface area contributed by atoms with Crippen LogP contribution in [0.2, 0.25) is 5.02 Å². The number of aromatic nitrogens is 2. The topological polar surface area (TPSA) is 49.8 Å². The minimum absolute atomic E-state index is 0.0820. The third-order valence-corrected chi connectivity index (χ3v) is 3.28. The minimum Gasteiger partial charge on any atom is -0.354 e. The SMILES string of the molecule is CCCNc1ncc(F)c(Nc2cc(Br)ccc2Cl)n1. The zero-order chi connectivity index (χ0) is 14.5. The van der Waals surface area contributed by atoms with Crippen molar-refractivity contribution >= 4 is 45.0 Å². The number of nitrogens with one attached hydrogen (secondary N) is 2. The molecule has 0 saturated carbocycles. The third-order valence-electron chi connectivity index (χ3n) is 2.46. The molecule has 0 atom stereocenters. The summed E-state index contributed by atoms with van der Waals surface area (Å²) in [5, 5.41) is 6.35. The first-order valence-electron chi connectivity index (χ1n) is 6.08. The lowest BCUT2D eigenvalue weighted by atomic mass is 10.3. The Morgan fingerprint density at radius 1 is 1.40 bits per heavy atom. The zero-order valence-electron chi connectivity index (χ0n) is 10.8. The first-order valence-corrected chi connectivity index (χ1v) is 7.25. The third kappa shape index (κ3) is 3.80. The smallest absolute Gasteiger partial charge is 0.224 e. The molecule has 7 heteroatoms. The second kappa shape index (κ2) is 6.85. The molecule has 106 valence electrons. The van der Waals surface area contributed by atoms with Gasteiger partial charge in [0.05, 0.1) is 16.9 Å². The van der Waals surface area contributed by atoms with Gasteiger partial charge in [0.15, 0.2) is 11.6 Å². The Balaban J connectivity index is 2.25. The maximum atomic E-state index is 13.7. The molecule has 1 aromatic heterocycles. The molecule has 2 aromatic rings. The Labute approximate surface area is 129 Å². The fourth-order valence-electron chi connectivity index (χ4n) is 1.50. The summed E-state index contributed by atoms with van der Waals surface area (Å²) in [5.74, 6) is -0.0800. The van der Waals surface area contributed by atoms with E-state index in [0.717, 1.165) is 23.6 Å². The van der Waals surface area contributed by atoms with E-state index >= 15 is 0 Å². The molecule has 20 heavy (non-hydrogen) atoms. The van der Waals surface area contributed by atoms with Gasteiger partial charge in [0.2, 0.25) is 5.95 Å². The average molecular weight is 360 g/mol. The van der Waals surface area contributed by atoms with Crippen molar-refractivity contribution in [2.45, 2.75) is 13.3 Å². The highest BCUT2D eigenvalue weighted by Crippen LogP contribution is 2.29. The van der Waals surface area contributed by atoms with E-state index in [0.29, 0.717) is 16.7 Å². The molecule has 2 N–H and O–H groups in total. The summed E-state index contributed by atoms with van der Waals surface area (Å²) in [6, 6.07) is 5.27. The summed E-state index contributed by atoms with van der Waals surface area (Å²) >= 11 is 9.40. The van der Waals surface area contributed by atoms with Crippen LogP contribution in [0.25, 0.3) is 0 Å². The average Bonchev–Trinajstić information content (AvgIpc) is 2.43. The monoisotopic (exact) mass is 358 g/mol. The summed E-state index contributed by atoms with van der Waals surface area (Å²) in [6.07, 6.45) is 2.06. The first-order chi connectivity index (χ1) is 9.60. The Kier molecular flexibility index (Phi) is 5.14.